The molecule has 1 aromatic carbocycles. The van der Waals surface area contributed by atoms with E-state index in [1.807, 2.05) is 24.5 Å². The summed E-state index contributed by atoms with van der Waals surface area (Å²) in [6.07, 6.45) is 3.65. The molecule has 0 saturated heterocycles. The Labute approximate surface area is 113 Å². The molecule has 5 aromatic rings. The van der Waals surface area contributed by atoms with Crippen molar-refractivity contribution in [1.29, 1.82) is 0 Å². The number of aromatic amines is 2. The molecule has 4 heterocycles. The maximum absolute atomic E-state index is 4.71. The Morgan fingerprint density at radius 1 is 0.750 bits per heavy atom. The second-order valence-corrected chi connectivity index (χ2v) is 5.00. The average molecular weight is 258 g/mol. The van der Waals surface area contributed by atoms with Crippen LogP contribution in [0.1, 0.15) is 0 Å². The highest BCUT2D eigenvalue weighted by atomic mass is 14.9. The number of pyridine rings is 2. The predicted octanol–water partition coefficient (Wildman–Crippen LogP) is 3.75. The zero-order chi connectivity index (χ0) is 13.1. The van der Waals surface area contributed by atoms with E-state index in [4.69, 9.17) is 4.98 Å². The normalized spacial score (nSPS) is 12.0. The van der Waals surface area contributed by atoms with Crippen molar-refractivity contribution in [1.82, 2.24) is 19.9 Å². The smallest absolute Gasteiger partial charge is 0.140 e. The van der Waals surface area contributed by atoms with Crippen LogP contribution in [0.2, 0.25) is 0 Å². The highest BCUT2D eigenvalue weighted by Gasteiger charge is 2.10. The molecule has 0 aliphatic heterocycles. The van der Waals surface area contributed by atoms with Gasteiger partial charge in [0, 0.05) is 33.3 Å². The first-order valence-electron chi connectivity index (χ1n) is 6.53. The number of rotatable bonds is 0. The summed E-state index contributed by atoms with van der Waals surface area (Å²) < 4.78 is 0. The van der Waals surface area contributed by atoms with Gasteiger partial charge in [-0.1, -0.05) is 18.2 Å². The Hall–Kier alpha value is -2.88. The molecule has 0 spiro atoms. The predicted molar refractivity (Wildman–Crippen MR) is 80.8 cm³/mol. The molecule has 0 radical (unpaired) electrons. The van der Waals surface area contributed by atoms with E-state index in [1.165, 1.54) is 5.39 Å². The zero-order valence-corrected chi connectivity index (χ0v) is 10.5. The third kappa shape index (κ3) is 1.15. The molecular weight excluding hydrogens is 248 g/mol. The summed E-state index contributed by atoms with van der Waals surface area (Å²) in [6.45, 7) is 0. The number of nitrogens with zero attached hydrogens (tertiary/aromatic N) is 2. The molecule has 94 valence electrons. The number of hydrogen-bond donors (Lipinski definition) is 2. The van der Waals surface area contributed by atoms with Crippen LogP contribution >= 0.6 is 0 Å². The first-order valence-corrected chi connectivity index (χ1v) is 6.53. The summed E-state index contributed by atoms with van der Waals surface area (Å²) in [5.74, 6) is 0. The minimum absolute atomic E-state index is 0.895. The average Bonchev–Trinajstić information content (AvgIpc) is 3.02. The Balaban J connectivity index is 2.06. The molecule has 0 amide bonds. The van der Waals surface area contributed by atoms with Gasteiger partial charge < -0.3 is 9.97 Å². The number of aromatic nitrogens is 4. The van der Waals surface area contributed by atoms with Crippen LogP contribution < -0.4 is 0 Å². The van der Waals surface area contributed by atoms with Crippen molar-refractivity contribution in [2.75, 3.05) is 0 Å². The fourth-order valence-electron chi connectivity index (χ4n) is 2.93. The fraction of sp³-hybridized carbons (Fsp3) is 0. The molecule has 4 heteroatoms. The number of nitrogens with one attached hydrogen (secondary N) is 2. The van der Waals surface area contributed by atoms with Crippen molar-refractivity contribution in [3.63, 3.8) is 0 Å². The van der Waals surface area contributed by atoms with Crippen LogP contribution in [-0.4, -0.2) is 19.9 Å². The van der Waals surface area contributed by atoms with E-state index >= 15 is 0 Å². The van der Waals surface area contributed by atoms with E-state index in [2.05, 4.69) is 39.2 Å². The van der Waals surface area contributed by atoms with Crippen LogP contribution in [0.3, 0.4) is 0 Å². The van der Waals surface area contributed by atoms with Crippen LogP contribution in [0.15, 0.2) is 48.8 Å². The van der Waals surface area contributed by atoms with Gasteiger partial charge in [0.2, 0.25) is 0 Å². The first-order chi connectivity index (χ1) is 9.90. The van der Waals surface area contributed by atoms with Crippen LogP contribution in [0.25, 0.3) is 43.9 Å². The van der Waals surface area contributed by atoms with Crippen molar-refractivity contribution >= 4 is 43.9 Å². The van der Waals surface area contributed by atoms with Gasteiger partial charge in [-0.3, -0.25) is 4.98 Å². The Morgan fingerprint density at radius 2 is 1.50 bits per heavy atom. The van der Waals surface area contributed by atoms with Crippen molar-refractivity contribution < 1.29 is 0 Å². The second-order valence-electron chi connectivity index (χ2n) is 5.00. The van der Waals surface area contributed by atoms with Crippen LogP contribution in [0.4, 0.5) is 0 Å². The molecule has 0 aliphatic carbocycles. The quantitative estimate of drug-likeness (QED) is 0.444. The molecule has 4 aromatic heterocycles. The summed E-state index contributed by atoms with van der Waals surface area (Å²) in [6, 6.07) is 12.5. The molecule has 0 fully saturated rings. The van der Waals surface area contributed by atoms with Crippen LogP contribution in [0, 0.1) is 0 Å². The van der Waals surface area contributed by atoms with E-state index in [0.29, 0.717) is 0 Å². The van der Waals surface area contributed by atoms with Crippen molar-refractivity contribution in [3.05, 3.63) is 48.8 Å². The lowest BCUT2D eigenvalue weighted by molar-refractivity contribution is 1.32. The molecule has 20 heavy (non-hydrogen) atoms. The molecule has 0 atom stereocenters. The molecule has 2 N–H and O–H groups in total. The molecule has 4 nitrogen and oxygen atoms in total. The van der Waals surface area contributed by atoms with Crippen molar-refractivity contribution in [2.45, 2.75) is 0 Å². The summed E-state index contributed by atoms with van der Waals surface area (Å²) >= 11 is 0. The van der Waals surface area contributed by atoms with E-state index in [0.717, 1.165) is 38.5 Å². The van der Waals surface area contributed by atoms with Gasteiger partial charge in [0.15, 0.2) is 0 Å². The van der Waals surface area contributed by atoms with E-state index in [-0.39, 0.29) is 0 Å². The van der Waals surface area contributed by atoms with Gasteiger partial charge in [-0.25, -0.2) is 4.98 Å². The monoisotopic (exact) mass is 258 g/mol. The molecule has 5 rings (SSSR count). The number of H-pyrrole nitrogens is 2. The van der Waals surface area contributed by atoms with Gasteiger partial charge in [0.25, 0.3) is 0 Å². The Bertz CT molecular complexity index is 1020. The molecule has 0 unspecified atom stereocenters. The molecule has 0 bridgehead atoms. The lowest BCUT2D eigenvalue weighted by Gasteiger charge is -1.92. The van der Waals surface area contributed by atoms with Crippen LogP contribution in [-0.2, 0) is 0 Å². The third-order valence-corrected chi connectivity index (χ3v) is 3.86. The molecular formula is C16H10N4. The Morgan fingerprint density at radius 3 is 2.40 bits per heavy atom. The van der Waals surface area contributed by atoms with Gasteiger partial charge in [-0.2, -0.15) is 0 Å². The first kappa shape index (κ1) is 9.97. The number of benzene rings is 1. The standard InChI is InChI=1S/C16H10N4/c1-2-4-13-9(3-1)11-7-12-10-5-6-17-8-14(10)19-16(12)20-15(11)18-13/h1-8H,(H2,18,19,20). The highest BCUT2D eigenvalue weighted by molar-refractivity contribution is 6.14. The molecule has 0 aliphatic rings. The second kappa shape index (κ2) is 3.36. The van der Waals surface area contributed by atoms with Crippen LogP contribution in [0.5, 0.6) is 0 Å². The van der Waals surface area contributed by atoms with Gasteiger partial charge in [-0.15, -0.1) is 0 Å². The summed E-state index contributed by atoms with van der Waals surface area (Å²) in [5, 5.41) is 4.67. The largest absolute Gasteiger partial charge is 0.339 e. The maximum atomic E-state index is 4.71. The van der Waals surface area contributed by atoms with Gasteiger partial charge >= 0.3 is 0 Å². The lowest BCUT2D eigenvalue weighted by Crippen LogP contribution is -1.78. The van der Waals surface area contributed by atoms with Crippen molar-refractivity contribution in [2.24, 2.45) is 0 Å². The summed E-state index contributed by atoms with van der Waals surface area (Å²) in [4.78, 5) is 15.6. The summed E-state index contributed by atoms with van der Waals surface area (Å²) in [7, 11) is 0. The van der Waals surface area contributed by atoms with Crippen molar-refractivity contribution in [3.8, 4) is 0 Å². The Kier molecular flexibility index (Phi) is 1.68. The number of fused-ring (bicyclic) bond motifs is 6. The highest BCUT2D eigenvalue weighted by Crippen LogP contribution is 2.30. The minimum atomic E-state index is 0.895. The number of hydrogen-bond acceptors (Lipinski definition) is 2. The maximum Gasteiger partial charge on any atom is 0.140 e. The molecule has 0 saturated carbocycles. The van der Waals surface area contributed by atoms with E-state index in [1.54, 1.807) is 0 Å². The zero-order valence-electron chi connectivity index (χ0n) is 10.5. The minimum Gasteiger partial charge on any atom is -0.339 e. The van der Waals surface area contributed by atoms with E-state index < -0.39 is 0 Å². The fourth-order valence-corrected chi connectivity index (χ4v) is 2.93. The van der Waals surface area contributed by atoms with Gasteiger partial charge in [0.1, 0.15) is 11.3 Å². The SMILES string of the molecule is c1ccc2c(c1)[nH]c1nc3[nH]c4cnccc4c3cc12. The third-order valence-electron chi connectivity index (χ3n) is 3.86. The summed E-state index contributed by atoms with van der Waals surface area (Å²) in [5.41, 5.74) is 3.95. The number of para-hydroxylation sites is 1. The van der Waals surface area contributed by atoms with E-state index in [9.17, 15) is 0 Å². The topological polar surface area (TPSA) is 57.4 Å². The van der Waals surface area contributed by atoms with Gasteiger partial charge in [0.05, 0.1) is 11.7 Å². The lowest BCUT2D eigenvalue weighted by atomic mass is 10.1. The van der Waals surface area contributed by atoms with Gasteiger partial charge in [-0.05, 0) is 18.2 Å².